The Balaban J connectivity index is 0.00000364. The molecule has 0 saturated carbocycles. The van der Waals surface area contributed by atoms with Crippen LogP contribution in [0.3, 0.4) is 0 Å². The molecule has 0 aliphatic carbocycles. The molecule has 0 amide bonds. The maximum atomic E-state index is 13.9. The molecular weight excluding hydrogens is 458 g/mol. The van der Waals surface area contributed by atoms with Crippen molar-refractivity contribution < 1.29 is 9.13 Å². The molecule has 0 atom stereocenters. The van der Waals surface area contributed by atoms with Crippen LogP contribution >= 0.6 is 24.0 Å². The van der Waals surface area contributed by atoms with Crippen molar-refractivity contribution in [1.29, 1.82) is 5.26 Å². The van der Waals surface area contributed by atoms with E-state index in [1.807, 2.05) is 37.3 Å². The van der Waals surface area contributed by atoms with Crippen LogP contribution in [0.2, 0.25) is 0 Å². The minimum absolute atomic E-state index is 0. The summed E-state index contributed by atoms with van der Waals surface area (Å²) in [4.78, 5) is 4.41. The van der Waals surface area contributed by atoms with E-state index in [0.29, 0.717) is 30.2 Å². The van der Waals surface area contributed by atoms with Crippen LogP contribution in [-0.2, 0) is 13.0 Å². The first-order valence-corrected chi connectivity index (χ1v) is 8.50. The molecule has 0 spiro atoms. The summed E-state index contributed by atoms with van der Waals surface area (Å²) in [6.45, 7) is 3.48. The lowest BCUT2D eigenvalue weighted by Gasteiger charge is -2.13. The number of methoxy groups -OCH3 is 1. The number of aliphatic imine (C=N–C) groups is 1. The maximum absolute atomic E-state index is 13.9. The third kappa shape index (κ3) is 7.06. The van der Waals surface area contributed by atoms with E-state index in [-0.39, 0.29) is 36.3 Å². The van der Waals surface area contributed by atoms with Gasteiger partial charge in [-0.1, -0.05) is 18.2 Å². The van der Waals surface area contributed by atoms with E-state index in [0.717, 1.165) is 17.7 Å². The second-order valence-corrected chi connectivity index (χ2v) is 5.60. The molecule has 0 fully saturated rings. The van der Waals surface area contributed by atoms with Crippen LogP contribution in [-0.4, -0.2) is 26.2 Å². The number of nitrogens with one attached hydrogen (secondary N) is 2. The smallest absolute Gasteiger partial charge is 0.191 e. The molecular formula is C20H24FIN4O. The lowest BCUT2D eigenvalue weighted by Crippen LogP contribution is -2.38. The quantitative estimate of drug-likeness (QED) is 0.360. The van der Waals surface area contributed by atoms with Crippen LogP contribution in [0.1, 0.15) is 23.6 Å². The Morgan fingerprint density at radius 2 is 1.96 bits per heavy atom. The number of guanidine groups is 1. The largest absolute Gasteiger partial charge is 0.496 e. The Morgan fingerprint density at radius 1 is 1.19 bits per heavy atom. The van der Waals surface area contributed by atoms with Gasteiger partial charge in [0.25, 0.3) is 0 Å². The summed E-state index contributed by atoms with van der Waals surface area (Å²) in [7, 11) is 1.65. The van der Waals surface area contributed by atoms with Crippen LogP contribution < -0.4 is 15.4 Å². The molecule has 0 heterocycles. The summed E-state index contributed by atoms with van der Waals surface area (Å²) in [5.41, 5.74) is 1.92. The van der Waals surface area contributed by atoms with Crippen molar-refractivity contribution in [3.63, 3.8) is 0 Å². The van der Waals surface area contributed by atoms with E-state index in [2.05, 4.69) is 15.6 Å². The van der Waals surface area contributed by atoms with Gasteiger partial charge in [0.1, 0.15) is 11.6 Å². The van der Waals surface area contributed by atoms with Crippen LogP contribution in [0.15, 0.2) is 47.5 Å². The van der Waals surface area contributed by atoms with Crippen LogP contribution in [0.5, 0.6) is 5.75 Å². The molecule has 2 aromatic rings. The zero-order valence-corrected chi connectivity index (χ0v) is 17.8. The predicted octanol–water partition coefficient (Wildman–Crippen LogP) is 3.62. The van der Waals surface area contributed by atoms with E-state index >= 15 is 0 Å². The highest BCUT2D eigenvalue weighted by molar-refractivity contribution is 14.0. The Bertz CT molecular complexity index is 805. The molecule has 5 nitrogen and oxygen atoms in total. The average Bonchev–Trinajstić information content (AvgIpc) is 2.67. The highest BCUT2D eigenvalue weighted by Crippen LogP contribution is 2.17. The van der Waals surface area contributed by atoms with Crippen molar-refractivity contribution in [2.24, 2.45) is 4.99 Å². The molecule has 144 valence electrons. The monoisotopic (exact) mass is 482 g/mol. The standard InChI is InChI=1S/C20H23FN4O.HI/c1-3-23-20(24-11-10-16-6-4-5-7-19(16)26-2)25-14-17-12-15(13-22)8-9-18(17)21;/h4-9,12H,3,10-11,14H2,1-2H3,(H2,23,24,25);1H. The van der Waals surface area contributed by atoms with Gasteiger partial charge in [-0.2, -0.15) is 5.26 Å². The number of halogens is 2. The molecule has 7 heteroatoms. The van der Waals surface area contributed by atoms with Crippen molar-refractivity contribution in [3.8, 4) is 11.8 Å². The molecule has 0 unspecified atom stereocenters. The molecule has 0 aliphatic rings. The number of hydrogen-bond donors (Lipinski definition) is 2. The van der Waals surface area contributed by atoms with Crippen molar-refractivity contribution >= 4 is 29.9 Å². The van der Waals surface area contributed by atoms with Crippen LogP contribution in [0.4, 0.5) is 4.39 Å². The van der Waals surface area contributed by atoms with Gasteiger partial charge in [0, 0.05) is 18.7 Å². The van der Waals surface area contributed by atoms with Gasteiger partial charge >= 0.3 is 0 Å². The first-order valence-electron chi connectivity index (χ1n) is 8.50. The second-order valence-electron chi connectivity index (χ2n) is 5.60. The molecule has 0 radical (unpaired) electrons. The Hall–Kier alpha value is -2.34. The number of ether oxygens (including phenoxy) is 1. The van der Waals surface area contributed by atoms with Crippen molar-refractivity contribution in [3.05, 3.63) is 65.0 Å². The van der Waals surface area contributed by atoms with Gasteiger partial charge in [-0.05, 0) is 43.2 Å². The summed E-state index contributed by atoms with van der Waals surface area (Å²) in [6.07, 6.45) is 0.771. The summed E-state index contributed by atoms with van der Waals surface area (Å²) in [5, 5.41) is 15.3. The number of para-hydroxylation sites is 1. The van der Waals surface area contributed by atoms with Crippen molar-refractivity contribution in [2.75, 3.05) is 20.2 Å². The lowest BCUT2D eigenvalue weighted by atomic mass is 10.1. The fourth-order valence-corrected chi connectivity index (χ4v) is 2.50. The average molecular weight is 482 g/mol. The number of hydrogen-bond acceptors (Lipinski definition) is 3. The van der Waals surface area contributed by atoms with Gasteiger partial charge in [0.15, 0.2) is 5.96 Å². The van der Waals surface area contributed by atoms with Gasteiger partial charge in [-0.25, -0.2) is 9.38 Å². The van der Waals surface area contributed by atoms with Crippen LogP contribution in [0.25, 0.3) is 0 Å². The normalized spacial score (nSPS) is 10.5. The summed E-state index contributed by atoms with van der Waals surface area (Å²) in [6, 6.07) is 14.2. The predicted molar refractivity (Wildman–Crippen MR) is 116 cm³/mol. The maximum Gasteiger partial charge on any atom is 0.191 e. The van der Waals surface area contributed by atoms with E-state index in [1.165, 1.54) is 18.2 Å². The van der Waals surface area contributed by atoms with Crippen molar-refractivity contribution in [2.45, 2.75) is 19.9 Å². The SMILES string of the molecule is CCNC(=NCc1cc(C#N)ccc1F)NCCc1ccccc1OC.I. The first kappa shape index (κ1) is 22.7. The molecule has 2 rings (SSSR count). The van der Waals surface area contributed by atoms with Crippen LogP contribution in [0, 0.1) is 17.1 Å². The first-order chi connectivity index (χ1) is 12.7. The number of nitrogens with zero attached hydrogens (tertiary/aromatic N) is 2. The Morgan fingerprint density at radius 3 is 2.67 bits per heavy atom. The fourth-order valence-electron chi connectivity index (χ4n) is 2.50. The highest BCUT2D eigenvalue weighted by Gasteiger charge is 2.05. The van der Waals surface area contributed by atoms with Gasteiger partial charge in [-0.15, -0.1) is 24.0 Å². The number of rotatable bonds is 7. The molecule has 2 N–H and O–H groups in total. The van der Waals surface area contributed by atoms with Gasteiger partial charge in [0.2, 0.25) is 0 Å². The van der Waals surface area contributed by atoms with E-state index in [9.17, 15) is 4.39 Å². The zero-order valence-electron chi connectivity index (χ0n) is 15.5. The molecule has 0 aromatic heterocycles. The van der Waals surface area contributed by atoms with E-state index in [1.54, 1.807) is 7.11 Å². The lowest BCUT2D eigenvalue weighted by molar-refractivity contribution is 0.409. The number of nitriles is 1. The molecule has 2 aromatic carbocycles. The zero-order chi connectivity index (χ0) is 18.8. The Labute approximate surface area is 176 Å². The van der Waals surface area contributed by atoms with Gasteiger partial charge in [-0.3, -0.25) is 0 Å². The molecule has 27 heavy (non-hydrogen) atoms. The topological polar surface area (TPSA) is 69.4 Å². The van der Waals surface area contributed by atoms with E-state index in [4.69, 9.17) is 10.00 Å². The minimum atomic E-state index is -0.363. The van der Waals surface area contributed by atoms with Gasteiger partial charge < -0.3 is 15.4 Å². The van der Waals surface area contributed by atoms with E-state index < -0.39 is 0 Å². The third-order valence-electron chi connectivity index (χ3n) is 3.81. The molecule has 0 bridgehead atoms. The summed E-state index contributed by atoms with van der Waals surface area (Å²) in [5.74, 6) is 1.09. The third-order valence-corrected chi connectivity index (χ3v) is 3.81. The molecule has 0 saturated heterocycles. The molecule has 0 aliphatic heterocycles. The summed E-state index contributed by atoms with van der Waals surface area (Å²) >= 11 is 0. The highest BCUT2D eigenvalue weighted by atomic mass is 127. The number of benzene rings is 2. The minimum Gasteiger partial charge on any atom is -0.496 e. The Kier molecular flexibility index (Phi) is 10.2. The second kappa shape index (κ2) is 12.1. The van der Waals surface area contributed by atoms with Crippen molar-refractivity contribution in [1.82, 2.24) is 10.6 Å². The fraction of sp³-hybridized carbons (Fsp3) is 0.300. The van der Waals surface area contributed by atoms with Gasteiger partial charge in [0.05, 0.1) is 25.3 Å². The summed E-state index contributed by atoms with van der Waals surface area (Å²) < 4.78 is 19.2.